The van der Waals surface area contributed by atoms with Crippen molar-refractivity contribution >= 4 is 40.7 Å². The fourth-order valence-electron chi connectivity index (χ4n) is 3.90. The Bertz CT molecular complexity index is 1200. The highest BCUT2D eigenvalue weighted by Crippen LogP contribution is 2.37. The average Bonchev–Trinajstić information content (AvgIpc) is 3.46. The van der Waals surface area contributed by atoms with Crippen molar-refractivity contribution in [2.24, 2.45) is 0 Å². The van der Waals surface area contributed by atoms with Crippen molar-refractivity contribution < 1.29 is 14.7 Å². The maximum atomic E-state index is 13.0. The molecule has 1 saturated carbocycles. The van der Waals surface area contributed by atoms with Gasteiger partial charge in [-0.25, -0.2) is 4.98 Å². The summed E-state index contributed by atoms with van der Waals surface area (Å²) in [6.45, 7) is 1.65. The van der Waals surface area contributed by atoms with Crippen LogP contribution in [0.1, 0.15) is 23.2 Å². The minimum atomic E-state index is -1.17. The summed E-state index contributed by atoms with van der Waals surface area (Å²) >= 11 is 13.0. The zero-order valence-electron chi connectivity index (χ0n) is 16.6. The zero-order chi connectivity index (χ0) is 21.8. The van der Waals surface area contributed by atoms with Gasteiger partial charge in [0, 0.05) is 43.5 Å². The first kappa shape index (κ1) is 20.3. The van der Waals surface area contributed by atoms with Gasteiger partial charge in [-0.2, -0.15) is 0 Å². The van der Waals surface area contributed by atoms with E-state index in [-0.39, 0.29) is 11.8 Å². The fourth-order valence-corrected chi connectivity index (χ4v) is 4.46. The molecule has 0 unspecified atom stereocenters. The van der Waals surface area contributed by atoms with Crippen LogP contribution in [-0.4, -0.2) is 67.9 Å². The van der Waals surface area contributed by atoms with Gasteiger partial charge >= 0.3 is 0 Å². The summed E-state index contributed by atoms with van der Waals surface area (Å²) < 4.78 is 1.77. The largest absolute Gasteiger partial charge is 0.380 e. The molecule has 5 rings (SSSR count). The second-order valence-corrected chi connectivity index (χ2v) is 8.76. The lowest BCUT2D eigenvalue weighted by molar-refractivity contribution is -0.143. The van der Waals surface area contributed by atoms with Crippen LogP contribution < -0.4 is 0 Å². The Morgan fingerprint density at radius 3 is 2.35 bits per heavy atom. The summed E-state index contributed by atoms with van der Waals surface area (Å²) in [6, 6.07) is 10.7. The van der Waals surface area contributed by atoms with Crippen LogP contribution in [0, 0.1) is 0 Å². The molecule has 160 valence electrons. The van der Waals surface area contributed by atoms with Crippen LogP contribution >= 0.6 is 23.2 Å². The number of fused-ring (bicyclic) bond motifs is 1. The van der Waals surface area contributed by atoms with E-state index in [9.17, 15) is 14.7 Å². The number of amides is 2. The number of benzene rings is 1. The molecule has 0 radical (unpaired) electrons. The maximum absolute atomic E-state index is 13.0. The molecule has 0 atom stereocenters. The topological polar surface area (TPSA) is 78.2 Å². The van der Waals surface area contributed by atoms with Gasteiger partial charge in [0.05, 0.1) is 5.02 Å². The first-order chi connectivity index (χ1) is 14.9. The van der Waals surface area contributed by atoms with Crippen LogP contribution in [0.4, 0.5) is 0 Å². The lowest BCUT2D eigenvalue weighted by Crippen LogP contribution is -2.53. The third-order valence-electron chi connectivity index (χ3n) is 5.92. The standard InChI is InChI=1S/C22H20Cl2N4O3/c23-16-13-14(4-5-15(16)18-19(24)28-8-2-1-3-17(28)25-18)20(29)26-9-11-27(12-10-26)21(30)22(31)6-7-22/h1-5,8,13,31H,6-7,9-12H2. The number of piperazine rings is 1. The molecule has 7 nitrogen and oxygen atoms in total. The van der Waals surface area contributed by atoms with Gasteiger partial charge < -0.3 is 14.9 Å². The molecule has 1 aliphatic heterocycles. The number of imidazole rings is 1. The summed E-state index contributed by atoms with van der Waals surface area (Å²) in [5.41, 5.74) is 1.22. The second-order valence-electron chi connectivity index (χ2n) is 7.99. The molecule has 3 aromatic rings. The van der Waals surface area contributed by atoms with Crippen LogP contribution in [0.15, 0.2) is 42.6 Å². The highest BCUT2D eigenvalue weighted by Gasteiger charge is 2.50. The highest BCUT2D eigenvalue weighted by atomic mass is 35.5. The predicted octanol–water partition coefficient (Wildman–Crippen LogP) is 3.12. The van der Waals surface area contributed by atoms with E-state index in [0.29, 0.717) is 71.7 Å². The van der Waals surface area contributed by atoms with Crippen molar-refractivity contribution in [3.63, 3.8) is 0 Å². The molecule has 1 aromatic carbocycles. The molecule has 2 aliphatic rings. The minimum Gasteiger partial charge on any atom is -0.380 e. The summed E-state index contributed by atoms with van der Waals surface area (Å²) in [7, 11) is 0. The van der Waals surface area contributed by atoms with Crippen molar-refractivity contribution in [2.75, 3.05) is 26.2 Å². The van der Waals surface area contributed by atoms with Gasteiger partial charge in [0.25, 0.3) is 11.8 Å². The van der Waals surface area contributed by atoms with E-state index < -0.39 is 5.60 Å². The first-order valence-corrected chi connectivity index (χ1v) is 10.9. The Balaban J connectivity index is 1.32. The normalized spacial score (nSPS) is 17.8. The van der Waals surface area contributed by atoms with Gasteiger partial charge in [-0.1, -0.05) is 35.3 Å². The van der Waals surface area contributed by atoms with Crippen LogP contribution in [-0.2, 0) is 4.79 Å². The van der Waals surface area contributed by atoms with E-state index in [1.54, 1.807) is 32.4 Å². The Kier molecular flexibility index (Phi) is 4.92. The number of hydrogen-bond acceptors (Lipinski definition) is 4. The van der Waals surface area contributed by atoms with E-state index in [0.717, 1.165) is 0 Å². The van der Waals surface area contributed by atoms with Crippen LogP contribution in [0.25, 0.3) is 16.9 Å². The third kappa shape index (κ3) is 3.56. The number of rotatable bonds is 3. The van der Waals surface area contributed by atoms with E-state index in [4.69, 9.17) is 23.2 Å². The number of halogens is 2. The Morgan fingerprint density at radius 1 is 1.00 bits per heavy atom. The third-order valence-corrected chi connectivity index (χ3v) is 6.59. The van der Waals surface area contributed by atoms with E-state index >= 15 is 0 Å². The smallest absolute Gasteiger partial charge is 0.254 e. The molecular weight excluding hydrogens is 439 g/mol. The molecule has 1 aliphatic carbocycles. The Labute approximate surface area is 188 Å². The summed E-state index contributed by atoms with van der Waals surface area (Å²) in [4.78, 5) is 33.1. The molecule has 1 saturated heterocycles. The monoisotopic (exact) mass is 458 g/mol. The lowest BCUT2D eigenvalue weighted by atomic mass is 10.1. The molecule has 0 spiro atoms. The maximum Gasteiger partial charge on any atom is 0.254 e. The predicted molar refractivity (Wildman–Crippen MR) is 117 cm³/mol. The molecule has 1 N–H and O–H groups in total. The summed E-state index contributed by atoms with van der Waals surface area (Å²) in [5.74, 6) is -0.372. The number of aliphatic hydroxyl groups is 1. The number of aromatic nitrogens is 2. The fraction of sp³-hybridized carbons (Fsp3) is 0.318. The summed E-state index contributed by atoms with van der Waals surface area (Å²) in [6.07, 6.45) is 2.87. The van der Waals surface area contributed by atoms with Gasteiger partial charge in [0.1, 0.15) is 22.1 Å². The lowest BCUT2D eigenvalue weighted by Gasteiger charge is -2.35. The number of pyridine rings is 1. The van der Waals surface area contributed by atoms with Gasteiger partial charge in [-0.05, 0) is 37.1 Å². The molecule has 2 amide bonds. The van der Waals surface area contributed by atoms with Gasteiger partial charge in [0.15, 0.2) is 0 Å². The van der Waals surface area contributed by atoms with Crippen molar-refractivity contribution in [3.8, 4) is 11.3 Å². The van der Waals surface area contributed by atoms with Crippen LogP contribution in [0.5, 0.6) is 0 Å². The second kappa shape index (κ2) is 7.51. The number of nitrogens with zero attached hydrogens (tertiary/aromatic N) is 4. The van der Waals surface area contributed by atoms with Crippen molar-refractivity contribution in [2.45, 2.75) is 18.4 Å². The average molecular weight is 459 g/mol. The van der Waals surface area contributed by atoms with E-state index in [1.807, 2.05) is 24.4 Å². The SMILES string of the molecule is O=C(c1ccc(-c2nc3ccccn3c2Cl)c(Cl)c1)N1CCN(C(=O)C2(O)CC2)CC1. The van der Waals surface area contributed by atoms with E-state index in [2.05, 4.69) is 4.98 Å². The first-order valence-electron chi connectivity index (χ1n) is 10.1. The van der Waals surface area contributed by atoms with Crippen molar-refractivity contribution in [1.82, 2.24) is 19.2 Å². The van der Waals surface area contributed by atoms with Crippen LogP contribution in [0.2, 0.25) is 10.2 Å². The van der Waals surface area contributed by atoms with Crippen LogP contribution in [0.3, 0.4) is 0 Å². The molecule has 2 fully saturated rings. The van der Waals surface area contributed by atoms with Gasteiger partial charge in [-0.3, -0.25) is 14.0 Å². The Morgan fingerprint density at radius 2 is 1.71 bits per heavy atom. The quantitative estimate of drug-likeness (QED) is 0.653. The molecule has 0 bridgehead atoms. The molecule has 31 heavy (non-hydrogen) atoms. The Hall–Kier alpha value is -2.61. The highest BCUT2D eigenvalue weighted by molar-refractivity contribution is 6.36. The number of carbonyl (C=O) groups excluding carboxylic acids is 2. The molecule has 2 aromatic heterocycles. The zero-order valence-corrected chi connectivity index (χ0v) is 18.1. The van der Waals surface area contributed by atoms with Crippen molar-refractivity contribution in [3.05, 3.63) is 58.3 Å². The van der Waals surface area contributed by atoms with Gasteiger partial charge in [-0.15, -0.1) is 0 Å². The summed E-state index contributed by atoms with van der Waals surface area (Å²) in [5, 5.41) is 10.9. The number of carbonyl (C=O) groups is 2. The molecular formula is C22H20Cl2N4O3. The van der Waals surface area contributed by atoms with Gasteiger partial charge in [0.2, 0.25) is 0 Å². The number of hydrogen-bond donors (Lipinski definition) is 1. The van der Waals surface area contributed by atoms with E-state index in [1.165, 1.54) is 0 Å². The minimum absolute atomic E-state index is 0.146. The molecule has 3 heterocycles. The van der Waals surface area contributed by atoms with Crippen molar-refractivity contribution in [1.29, 1.82) is 0 Å². The molecule has 9 heteroatoms.